The van der Waals surface area contributed by atoms with Crippen LogP contribution < -0.4 is 0 Å². The maximum Gasteiger partial charge on any atom is 0.223 e. The van der Waals surface area contributed by atoms with Gasteiger partial charge in [-0.1, -0.05) is 0 Å². The maximum atomic E-state index is 13.2. The number of fused-ring (bicyclic) bond motifs is 1. The fourth-order valence-corrected chi connectivity index (χ4v) is 3.15. The molecule has 2 aromatic heterocycles. The van der Waals surface area contributed by atoms with Gasteiger partial charge in [-0.25, -0.2) is 19.3 Å². The number of aromatic nitrogens is 3. The Kier molecular flexibility index (Phi) is 5.06. The highest BCUT2D eigenvalue weighted by Crippen LogP contribution is 2.24. The van der Waals surface area contributed by atoms with Crippen LogP contribution in [0.25, 0.3) is 22.3 Å². The second kappa shape index (κ2) is 7.61. The van der Waals surface area contributed by atoms with Gasteiger partial charge in [0.05, 0.1) is 30.1 Å². The summed E-state index contributed by atoms with van der Waals surface area (Å²) >= 11 is 6.07. The van der Waals surface area contributed by atoms with E-state index in [-0.39, 0.29) is 17.4 Å². The molecule has 0 atom stereocenters. The van der Waals surface area contributed by atoms with Gasteiger partial charge in [-0.3, -0.25) is 0 Å². The Morgan fingerprint density at radius 1 is 1.00 bits per heavy atom. The molecule has 0 spiro atoms. The van der Waals surface area contributed by atoms with Crippen LogP contribution in [0, 0.1) is 5.82 Å². The Bertz CT molecular complexity index is 915. The summed E-state index contributed by atoms with van der Waals surface area (Å²) in [6.45, 7) is 1.42. The number of ether oxygens (including phenoxy) is 2. The van der Waals surface area contributed by atoms with Crippen molar-refractivity contribution in [1.82, 2.24) is 15.0 Å². The Balaban J connectivity index is 1.66. The van der Waals surface area contributed by atoms with Crippen LogP contribution >= 0.6 is 11.6 Å². The molecule has 1 saturated heterocycles. The summed E-state index contributed by atoms with van der Waals surface area (Å²) in [5.74, 6) is -0.280. The lowest BCUT2D eigenvalue weighted by Crippen LogP contribution is -2.25. The van der Waals surface area contributed by atoms with E-state index in [1.165, 1.54) is 12.1 Å². The monoisotopic (exact) mass is 373 g/mol. The number of aryl methyl sites for hydroxylation is 1. The van der Waals surface area contributed by atoms with Crippen LogP contribution in [0.2, 0.25) is 5.28 Å². The fraction of sp³-hybridized carbons (Fsp3) is 0.316. The van der Waals surface area contributed by atoms with E-state index in [2.05, 4.69) is 9.97 Å². The molecule has 0 radical (unpaired) electrons. The molecule has 26 heavy (non-hydrogen) atoms. The molecule has 134 valence electrons. The highest BCUT2D eigenvalue weighted by atomic mass is 35.5. The summed E-state index contributed by atoms with van der Waals surface area (Å²) in [5, 5.41) is 0.189. The number of benzene rings is 1. The summed E-state index contributed by atoms with van der Waals surface area (Å²) in [4.78, 5) is 13.3. The predicted molar refractivity (Wildman–Crippen MR) is 96.4 cm³/mol. The third kappa shape index (κ3) is 3.82. The third-order valence-electron chi connectivity index (χ3n) is 4.24. The summed E-state index contributed by atoms with van der Waals surface area (Å²) in [7, 11) is 0. The molecule has 0 N–H and O–H groups in total. The number of nitrogens with zero attached hydrogens (tertiary/aromatic N) is 3. The van der Waals surface area contributed by atoms with E-state index in [0.29, 0.717) is 37.1 Å². The van der Waals surface area contributed by atoms with Gasteiger partial charge in [0.25, 0.3) is 0 Å². The molecule has 3 heterocycles. The zero-order chi connectivity index (χ0) is 17.9. The molecule has 1 aromatic carbocycles. The van der Waals surface area contributed by atoms with Crippen LogP contribution in [0.5, 0.6) is 0 Å². The maximum absolute atomic E-state index is 13.2. The van der Waals surface area contributed by atoms with Crippen LogP contribution in [0.15, 0.2) is 36.4 Å². The zero-order valence-corrected chi connectivity index (χ0v) is 14.7. The Morgan fingerprint density at radius 3 is 2.54 bits per heavy atom. The van der Waals surface area contributed by atoms with Crippen molar-refractivity contribution in [2.24, 2.45) is 0 Å². The number of halogens is 2. The van der Waals surface area contributed by atoms with E-state index in [4.69, 9.17) is 26.1 Å². The van der Waals surface area contributed by atoms with Gasteiger partial charge in [0.15, 0.2) is 6.29 Å². The van der Waals surface area contributed by atoms with E-state index in [1.54, 1.807) is 12.1 Å². The van der Waals surface area contributed by atoms with Gasteiger partial charge in [0.2, 0.25) is 5.28 Å². The van der Waals surface area contributed by atoms with E-state index in [0.717, 1.165) is 23.4 Å². The molecule has 0 unspecified atom stereocenters. The number of pyridine rings is 1. The Morgan fingerprint density at radius 2 is 1.77 bits per heavy atom. The van der Waals surface area contributed by atoms with Crippen LogP contribution in [0.1, 0.15) is 18.5 Å². The minimum absolute atomic E-state index is 0.189. The second-order valence-corrected chi connectivity index (χ2v) is 6.41. The van der Waals surface area contributed by atoms with Crippen molar-refractivity contribution >= 4 is 22.6 Å². The van der Waals surface area contributed by atoms with E-state index < -0.39 is 0 Å². The predicted octanol–water partition coefficient (Wildman–Crippen LogP) is 4.18. The summed E-state index contributed by atoms with van der Waals surface area (Å²) in [6.07, 6.45) is 1.98. The quantitative estimate of drug-likeness (QED) is 0.642. The van der Waals surface area contributed by atoms with Crippen LogP contribution in [-0.4, -0.2) is 34.5 Å². The van der Waals surface area contributed by atoms with Gasteiger partial charge in [0.1, 0.15) is 11.3 Å². The van der Waals surface area contributed by atoms with E-state index in [9.17, 15) is 4.39 Å². The van der Waals surface area contributed by atoms with Crippen molar-refractivity contribution in [2.75, 3.05) is 13.2 Å². The standard InChI is InChI=1S/C19H17ClFN3O2/c20-19-23-15-7-6-14(12-2-4-13(21)5-3-12)22-18(15)16(24-19)8-9-17-25-10-1-11-26-17/h2-7,17H,1,8-11H2. The van der Waals surface area contributed by atoms with Crippen molar-refractivity contribution in [3.8, 4) is 11.3 Å². The molecule has 0 amide bonds. The van der Waals surface area contributed by atoms with Gasteiger partial charge in [0, 0.05) is 12.0 Å². The first-order valence-electron chi connectivity index (χ1n) is 8.51. The first-order valence-corrected chi connectivity index (χ1v) is 8.89. The molecule has 0 aliphatic carbocycles. The topological polar surface area (TPSA) is 57.1 Å². The van der Waals surface area contributed by atoms with Gasteiger partial charge in [-0.15, -0.1) is 0 Å². The number of hydrogen-bond donors (Lipinski definition) is 0. The lowest BCUT2D eigenvalue weighted by Gasteiger charge is -2.23. The Labute approximate surface area is 155 Å². The number of hydrogen-bond acceptors (Lipinski definition) is 5. The summed E-state index contributed by atoms with van der Waals surface area (Å²) < 4.78 is 24.3. The minimum Gasteiger partial charge on any atom is -0.353 e. The lowest BCUT2D eigenvalue weighted by atomic mass is 10.1. The molecule has 0 saturated carbocycles. The smallest absolute Gasteiger partial charge is 0.223 e. The van der Waals surface area contributed by atoms with Crippen molar-refractivity contribution in [2.45, 2.75) is 25.6 Å². The molecule has 3 aromatic rings. The first-order chi connectivity index (χ1) is 12.7. The van der Waals surface area contributed by atoms with Gasteiger partial charge in [-0.05, 0) is 60.8 Å². The van der Waals surface area contributed by atoms with Gasteiger partial charge in [-0.2, -0.15) is 0 Å². The second-order valence-electron chi connectivity index (χ2n) is 6.07. The van der Waals surface area contributed by atoms with Gasteiger partial charge >= 0.3 is 0 Å². The van der Waals surface area contributed by atoms with Crippen LogP contribution in [-0.2, 0) is 15.9 Å². The molecular formula is C19H17ClFN3O2. The molecule has 7 heteroatoms. The Hall–Kier alpha value is -2.15. The SMILES string of the molecule is Fc1ccc(-c2ccc3nc(Cl)nc(CCC4OCCCO4)c3n2)cc1. The normalized spacial score (nSPS) is 15.5. The van der Waals surface area contributed by atoms with Crippen LogP contribution in [0.3, 0.4) is 0 Å². The highest BCUT2D eigenvalue weighted by Gasteiger charge is 2.17. The van der Waals surface area contributed by atoms with E-state index in [1.807, 2.05) is 12.1 Å². The molecule has 1 aliphatic rings. The average molecular weight is 374 g/mol. The van der Waals surface area contributed by atoms with Crippen molar-refractivity contribution in [3.63, 3.8) is 0 Å². The molecule has 4 rings (SSSR count). The van der Waals surface area contributed by atoms with Crippen molar-refractivity contribution in [1.29, 1.82) is 0 Å². The summed E-state index contributed by atoms with van der Waals surface area (Å²) in [6, 6.07) is 9.92. The average Bonchev–Trinajstić information content (AvgIpc) is 2.67. The number of rotatable bonds is 4. The van der Waals surface area contributed by atoms with Crippen LogP contribution in [0.4, 0.5) is 4.39 Å². The third-order valence-corrected chi connectivity index (χ3v) is 4.41. The minimum atomic E-state index is -0.280. The van der Waals surface area contributed by atoms with Crippen molar-refractivity contribution in [3.05, 3.63) is 53.2 Å². The molecule has 1 aliphatic heterocycles. The summed E-state index contributed by atoms with van der Waals surface area (Å²) in [5.41, 5.74) is 3.67. The molecular weight excluding hydrogens is 357 g/mol. The largest absolute Gasteiger partial charge is 0.353 e. The zero-order valence-electron chi connectivity index (χ0n) is 14.0. The van der Waals surface area contributed by atoms with E-state index >= 15 is 0 Å². The first kappa shape index (κ1) is 17.3. The van der Waals surface area contributed by atoms with Crippen molar-refractivity contribution < 1.29 is 13.9 Å². The molecule has 0 bridgehead atoms. The van der Waals surface area contributed by atoms with Gasteiger partial charge < -0.3 is 9.47 Å². The highest BCUT2D eigenvalue weighted by molar-refractivity contribution is 6.28. The lowest BCUT2D eigenvalue weighted by molar-refractivity contribution is -0.180. The fourth-order valence-electron chi connectivity index (χ4n) is 2.96. The molecule has 1 fully saturated rings. The molecule has 5 nitrogen and oxygen atoms in total.